The number of nitrogens with one attached hydrogen (secondary N) is 2. The number of thiazole rings is 2. The largest absolute Gasteiger partial charge is 0.408 e. The lowest BCUT2D eigenvalue weighted by atomic mass is 10.1. The van der Waals surface area contributed by atoms with Crippen molar-refractivity contribution in [3.63, 3.8) is 0 Å². The minimum Gasteiger partial charge on any atom is -0.385 e. The van der Waals surface area contributed by atoms with Crippen LogP contribution in [0.4, 0.5) is 33.0 Å². The summed E-state index contributed by atoms with van der Waals surface area (Å²) in [5.41, 5.74) is 6.26. The van der Waals surface area contributed by atoms with Crippen LogP contribution >= 0.6 is 22.7 Å². The Morgan fingerprint density at radius 3 is 1.49 bits per heavy atom. The van der Waals surface area contributed by atoms with Gasteiger partial charge >= 0.3 is 10.3 Å². The Hall–Kier alpha value is -3.50. The van der Waals surface area contributed by atoms with Crippen molar-refractivity contribution >= 4 is 55.7 Å². The highest BCUT2D eigenvalue weighted by atomic mass is 32.1. The molecule has 0 saturated carbocycles. The Kier molecular flexibility index (Phi) is 9.45. The molecule has 0 bridgehead atoms. The van der Waals surface area contributed by atoms with Crippen LogP contribution in [-0.2, 0) is 14.1 Å². The molecule has 37 heavy (non-hydrogen) atoms. The van der Waals surface area contributed by atoms with Gasteiger partial charge in [0.1, 0.15) is 23.8 Å². The van der Waals surface area contributed by atoms with Crippen LogP contribution in [0.3, 0.4) is 0 Å². The van der Waals surface area contributed by atoms with Gasteiger partial charge in [-0.3, -0.25) is 0 Å². The second-order valence-electron chi connectivity index (χ2n) is 8.91. The number of azo groups is 2. The van der Waals surface area contributed by atoms with Gasteiger partial charge < -0.3 is 10.6 Å². The van der Waals surface area contributed by atoms with Crippen molar-refractivity contribution in [2.24, 2.45) is 34.6 Å². The molecule has 0 aliphatic rings. The molecule has 0 saturated heterocycles. The smallest absolute Gasteiger partial charge is 0.385 e. The first-order valence-corrected chi connectivity index (χ1v) is 14.1. The Bertz CT molecular complexity index is 1270. The minimum atomic E-state index is 0.883. The van der Waals surface area contributed by atoms with Crippen LogP contribution in [0.1, 0.15) is 30.4 Å². The molecule has 4 rings (SSSR count). The Morgan fingerprint density at radius 2 is 1.11 bits per heavy atom. The minimum absolute atomic E-state index is 0.883. The number of hydrogen-bond donors (Lipinski definition) is 2. The number of aryl methyl sites for hydroxylation is 4. The van der Waals surface area contributed by atoms with E-state index in [-0.39, 0.29) is 0 Å². The van der Waals surface area contributed by atoms with E-state index in [1.165, 1.54) is 0 Å². The SMILES string of the molecule is Cc1cc(NCCCCCNc2ccc(/N=N/c3scc[n+]3C)c(C)c2)ccc1/N=N/c1scc[n+]1C. The van der Waals surface area contributed by atoms with Gasteiger partial charge in [0.15, 0.2) is 0 Å². The molecule has 2 aromatic carbocycles. The Balaban J connectivity index is 1.14. The van der Waals surface area contributed by atoms with Crippen LogP contribution < -0.4 is 19.8 Å². The quantitative estimate of drug-likeness (QED) is 0.111. The third kappa shape index (κ3) is 7.74. The molecule has 8 nitrogen and oxygen atoms in total. The number of aromatic nitrogens is 2. The van der Waals surface area contributed by atoms with E-state index in [9.17, 15) is 0 Å². The van der Waals surface area contributed by atoms with Crippen LogP contribution in [0.25, 0.3) is 0 Å². The lowest BCUT2D eigenvalue weighted by molar-refractivity contribution is -0.654. The van der Waals surface area contributed by atoms with Crippen molar-refractivity contribution in [2.75, 3.05) is 23.7 Å². The number of hydrogen-bond acceptors (Lipinski definition) is 8. The van der Waals surface area contributed by atoms with E-state index in [0.717, 1.165) is 76.5 Å². The lowest BCUT2D eigenvalue weighted by Gasteiger charge is -2.09. The standard InChI is InChI=1S/C27H32N8S2/c1-20-18-22(8-10-24(20)30-32-26-34(3)14-16-36-26)28-12-6-5-7-13-29-23-9-11-25(21(2)19-23)31-33-27-35(4)15-17-37-27/h8-11,14-19H,5-7,12-13H2,1-4H3/p+2. The zero-order valence-corrected chi connectivity index (χ0v) is 23.4. The van der Waals surface area contributed by atoms with Crippen molar-refractivity contribution in [2.45, 2.75) is 33.1 Å². The van der Waals surface area contributed by atoms with Gasteiger partial charge in [0.05, 0.1) is 24.3 Å². The fourth-order valence-electron chi connectivity index (χ4n) is 3.69. The molecule has 10 heteroatoms. The van der Waals surface area contributed by atoms with E-state index >= 15 is 0 Å². The van der Waals surface area contributed by atoms with Crippen molar-refractivity contribution in [1.29, 1.82) is 0 Å². The second-order valence-corrected chi connectivity index (χ2v) is 10.7. The summed E-state index contributed by atoms with van der Waals surface area (Å²) in [5.74, 6) is 0. The summed E-state index contributed by atoms with van der Waals surface area (Å²) in [6, 6.07) is 12.5. The van der Waals surface area contributed by atoms with E-state index in [0.29, 0.717) is 0 Å². The summed E-state index contributed by atoms with van der Waals surface area (Å²) in [6.45, 7) is 6.04. The molecule has 2 heterocycles. The molecule has 2 aromatic heterocycles. The molecule has 0 fully saturated rings. The molecular weight excluding hydrogens is 500 g/mol. The summed E-state index contributed by atoms with van der Waals surface area (Å²) in [4.78, 5) is 0. The number of benzene rings is 2. The van der Waals surface area contributed by atoms with Crippen LogP contribution in [-0.4, -0.2) is 13.1 Å². The summed E-state index contributed by atoms with van der Waals surface area (Å²) in [5, 5.41) is 30.3. The highest BCUT2D eigenvalue weighted by Crippen LogP contribution is 2.26. The molecule has 2 N–H and O–H groups in total. The summed E-state index contributed by atoms with van der Waals surface area (Å²) >= 11 is 3.15. The third-order valence-corrected chi connectivity index (χ3v) is 7.59. The number of unbranched alkanes of at least 4 members (excludes halogenated alkanes) is 2. The first kappa shape index (κ1) is 26.6. The van der Waals surface area contributed by atoms with Crippen molar-refractivity contribution in [3.8, 4) is 0 Å². The van der Waals surface area contributed by atoms with Crippen molar-refractivity contribution in [1.82, 2.24) is 0 Å². The van der Waals surface area contributed by atoms with Gasteiger partial charge in [-0.1, -0.05) is 0 Å². The van der Waals surface area contributed by atoms with Crippen LogP contribution in [0, 0.1) is 13.8 Å². The van der Waals surface area contributed by atoms with E-state index in [4.69, 9.17) is 0 Å². The maximum atomic E-state index is 4.41. The summed E-state index contributed by atoms with van der Waals surface area (Å²) in [6.07, 6.45) is 7.36. The van der Waals surface area contributed by atoms with E-state index < -0.39 is 0 Å². The molecule has 192 valence electrons. The van der Waals surface area contributed by atoms with Crippen LogP contribution in [0.2, 0.25) is 0 Å². The van der Waals surface area contributed by atoms with Gasteiger partial charge in [-0.25, -0.2) is 9.13 Å². The number of rotatable bonds is 12. The molecule has 0 radical (unpaired) electrons. The van der Waals surface area contributed by atoms with Crippen molar-refractivity contribution in [3.05, 3.63) is 70.7 Å². The molecular formula is C27H34N8S2+2. The topological polar surface area (TPSA) is 81.3 Å². The first-order chi connectivity index (χ1) is 18.0. The molecule has 0 aliphatic heterocycles. The zero-order valence-electron chi connectivity index (χ0n) is 21.8. The maximum Gasteiger partial charge on any atom is 0.408 e. The van der Waals surface area contributed by atoms with E-state index in [2.05, 4.69) is 69.2 Å². The maximum absolute atomic E-state index is 4.41. The fourth-order valence-corrected chi connectivity index (χ4v) is 5.05. The molecule has 0 atom stereocenters. The van der Waals surface area contributed by atoms with Gasteiger partial charge in [-0.2, -0.15) is 0 Å². The fraction of sp³-hybridized carbons (Fsp3) is 0.333. The molecule has 4 aromatic rings. The Labute approximate surface area is 226 Å². The van der Waals surface area contributed by atoms with Crippen LogP contribution in [0.15, 0.2) is 80.0 Å². The molecule has 0 aliphatic carbocycles. The average Bonchev–Trinajstić information content (AvgIpc) is 3.49. The van der Waals surface area contributed by atoms with Gasteiger partial charge in [0, 0.05) is 35.2 Å². The first-order valence-electron chi connectivity index (χ1n) is 12.4. The molecule has 0 amide bonds. The predicted octanol–water partition coefficient (Wildman–Crippen LogP) is 7.60. The number of anilines is 2. The summed E-state index contributed by atoms with van der Waals surface area (Å²) < 4.78 is 3.93. The van der Waals surface area contributed by atoms with Gasteiger partial charge in [-0.15, -0.1) is 0 Å². The van der Waals surface area contributed by atoms with Gasteiger partial charge in [0.25, 0.3) is 0 Å². The second kappa shape index (κ2) is 13.2. The summed E-state index contributed by atoms with van der Waals surface area (Å²) in [7, 11) is 3.95. The third-order valence-electron chi connectivity index (χ3n) is 5.91. The van der Waals surface area contributed by atoms with Gasteiger partial charge in [-0.05, 0) is 114 Å². The monoisotopic (exact) mass is 534 g/mol. The Morgan fingerprint density at radius 1 is 0.649 bits per heavy atom. The molecule has 0 spiro atoms. The highest BCUT2D eigenvalue weighted by molar-refractivity contribution is 7.13. The predicted molar refractivity (Wildman–Crippen MR) is 153 cm³/mol. The number of nitrogens with zero attached hydrogens (tertiary/aromatic N) is 6. The lowest BCUT2D eigenvalue weighted by Crippen LogP contribution is -2.23. The van der Waals surface area contributed by atoms with Crippen molar-refractivity contribution < 1.29 is 9.13 Å². The highest BCUT2D eigenvalue weighted by Gasteiger charge is 2.09. The van der Waals surface area contributed by atoms with E-state index in [1.807, 2.05) is 58.5 Å². The average molecular weight is 535 g/mol. The van der Waals surface area contributed by atoms with Crippen LogP contribution in [0.5, 0.6) is 0 Å². The zero-order chi connectivity index (χ0) is 26.0. The van der Waals surface area contributed by atoms with E-state index in [1.54, 1.807) is 22.7 Å². The molecule has 0 unspecified atom stereocenters. The normalized spacial score (nSPS) is 11.6. The van der Waals surface area contributed by atoms with Gasteiger partial charge in [0.2, 0.25) is 0 Å².